The lowest BCUT2D eigenvalue weighted by Gasteiger charge is -2.34. The Morgan fingerprint density at radius 3 is 1.71 bits per heavy atom. The van der Waals surface area contributed by atoms with Crippen molar-refractivity contribution in [1.82, 2.24) is 14.7 Å². The Morgan fingerprint density at radius 2 is 1.29 bits per heavy atom. The van der Waals surface area contributed by atoms with E-state index >= 15 is 0 Å². The molecule has 1 aliphatic heterocycles. The summed E-state index contributed by atoms with van der Waals surface area (Å²) < 4.78 is 0. The van der Waals surface area contributed by atoms with E-state index in [4.69, 9.17) is 15.3 Å². The fourth-order valence-electron chi connectivity index (χ4n) is 2.24. The number of carboxylic acids is 3. The van der Waals surface area contributed by atoms with Gasteiger partial charge in [-0.1, -0.05) is 0 Å². The molecule has 1 aliphatic rings. The first-order chi connectivity index (χ1) is 9.86. The molecule has 1 saturated heterocycles. The van der Waals surface area contributed by atoms with E-state index in [9.17, 15) is 14.4 Å². The number of carboxylic acid groups (broad SMARTS) is 3. The molecule has 21 heavy (non-hydrogen) atoms. The second-order valence-corrected chi connectivity index (χ2v) is 5.01. The van der Waals surface area contributed by atoms with Crippen molar-refractivity contribution < 1.29 is 29.7 Å². The molecule has 9 heteroatoms. The summed E-state index contributed by atoms with van der Waals surface area (Å²) in [5.41, 5.74) is 0. The van der Waals surface area contributed by atoms with E-state index in [1.165, 1.54) is 4.90 Å². The number of carbonyl (C=O) groups is 3. The highest BCUT2D eigenvalue weighted by Gasteiger charge is 2.20. The van der Waals surface area contributed by atoms with Gasteiger partial charge < -0.3 is 15.3 Å². The molecule has 0 saturated carbocycles. The number of nitrogens with zero attached hydrogens (tertiary/aromatic N) is 3. The van der Waals surface area contributed by atoms with Gasteiger partial charge in [0, 0.05) is 39.3 Å². The predicted octanol–water partition coefficient (Wildman–Crippen LogP) is -1.84. The van der Waals surface area contributed by atoms with Gasteiger partial charge in [-0.3, -0.25) is 29.1 Å². The third kappa shape index (κ3) is 7.59. The second kappa shape index (κ2) is 8.55. The number of hydrogen-bond acceptors (Lipinski definition) is 6. The van der Waals surface area contributed by atoms with Crippen molar-refractivity contribution in [2.75, 3.05) is 58.9 Å². The first-order valence-corrected chi connectivity index (χ1v) is 6.69. The van der Waals surface area contributed by atoms with Crippen LogP contribution in [0.15, 0.2) is 0 Å². The van der Waals surface area contributed by atoms with Gasteiger partial charge in [0.25, 0.3) is 0 Å². The largest absolute Gasteiger partial charge is 0.480 e. The van der Waals surface area contributed by atoms with Crippen molar-refractivity contribution in [3.05, 3.63) is 0 Å². The monoisotopic (exact) mass is 303 g/mol. The molecule has 0 bridgehead atoms. The summed E-state index contributed by atoms with van der Waals surface area (Å²) in [5, 5.41) is 26.2. The van der Waals surface area contributed by atoms with E-state index < -0.39 is 17.9 Å². The van der Waals surface area contributed by atoms with Crippen LogP contribution >= 0.6 is 0 Å². The van der Waals surface area contributed by atoms with Gasteiger partial charge in [0.1, 0.15) is 0 Å². The molecule has 0 amide bonds. The Bertz CT molecular complexity index is 365. The summed E-state index contributed by atoms with van der Waals surface area (Å²) >= 11 is 0. The predicted molar refractivity (Wildman–Crippen MR) is 72.2 cm³/mol. The maximum absolute atomic E-state index is 10.7. The summed E-state index contributed by atoms with van der Waals surface area (Å²) in [4.78, 5) is 37.2. The quantitative estimate of drug-likeness (QED) is 0.451. The molecule has 0 spiro atoms. The van der Waals surface area contributed by atoms with Crippen LogP contribution in [0.1, 0.15) is 0 Å². The number of rotatable bonds is 9. The Labute approximate surface area is 122 Å². The average Bonchev–Trinajstić information content (AvgIpc) is 2.35. The minimum atomic E-state index is -1.05. The van der Waals surface area contributed by atoms with E-state index in [0.29, 0.717) is 39.3 Å². The van der Waals surface area contributed by atoms with Crippen LogP contribution in [0.2, 0.25) is 0 Å². The molecule has 0 radical (unpaired) electrons. The molecule has 0 unspecified atom stereocenters. The van der Waals surface area contributed by atoms with Gasteiger partial charge in [0.15, 0.2) is 0 Å². The molecular formula is C12H21N3O6. The topological polar surface area (TPSA) is 122 Å². The van der Waals surface area contributed by atoms with Crippen LogP contribution in [0, 0.1) is 0 Å². The van der Waals surface area contributed by atoms with Crippen molar-refractivity contribution in [3.8, 4) is 0 Å². The van der Waals surface area contributed by atoms with Gasteiger partial charge >= 0.3 is 17.9 Å². The summed E-state index contributed by atoms with van der Waals surface area (Å²) in [5.74, 6) is -2.96. The molecular weight excluding hydrogens is 282 g/mol. The van der Waals surface area contributed by atoms with Crippen molar-refractivity contribution in [2.45, 2.75) is 0 Å². The van der Waals surface area contributed by atoms with Gasteiger partial charge in [-0.05, 0) is 0 Å². The Kier molecular flexibility index (Phi) is 7.06. The van der Waals surface area contributed by atoms with Crippen molar-refractivity contribution in [2.24, 2.45) is 0 Å². The lowest BCUT2D eigenvalue weighted by Crippen LogP contribution is -2.50. The van der Waals surface area contributed by atoms with Crippen LogP contribution < -0.4 is 0 Å². The fraction of sp³-hybridized carbons (Fsp3) is 0.750. The summed E-state index contributed by atoms with van der Waals surface area (Å²) in [7, 11) is 0. The average molecular weight is 303 g/mol. The highest BCUT2D eigenvalue weighted by molar-refractivity contribution is 5.72. The Hall–Kier alpha value is -1.71. The molecule has 0 aromatic heterocycles. The maximum Gasteiger partial charge on any atom is 0.317 e. The smallest absolute Gasteiger partial charge is 0.317 e. The minimum absolute atomic E-state index is 0.0258. The van der Waals surface area contributed by atoms with E-state index in [2.05, 4.69) is 4.90 Å². The first kappa shape index (κ1) is 17.3. The van der Waals surface area contributed by atoms with E-state index in [1.807, 2.05) is 4.90 Å². The van der Waals surface area contributed by atoms with Crippen molar-refractivity contribution in [3.63, 3.8) is 0 Å². The number of aliphatic carboxylic acids is 3. The SMILES string of the molecule is O=C(O)CN1CCN(CCN(CC(=O)O)CC(=O)O)CC1. The summed E-state index contributed by atoms with van der Waals surface area (Å²) in [6.07, 6.45) is 0. The zero-order chi connectivity index (χ0) is 15.8. The van der Waals surface area contributed by atoms with Crippen LogP contribution in [0.4, 0.5) is 0 Å². The Morgan fingerprint density at radius 1 is 0.810 bits per heavy atom. The van der Waals surface area contributed by atoms with Crippen LogP contribution in [0.25, 0.3) is 0 Å². The molecule has 1 rings (SSSR count). The van der Waals surface area contributed by atoms with Crippen molar-refractivity contribution >= 4 is 17.9 Å². The Balaban J connectivity index is 2.31. The highest BCUT2D eigenvalue weighted by atomic mass is 16.4. The molecule has 0 aromatic carbocycles. The van der Waals surface area contributed by atoms with Gasteiger partial charge in [0.2, 0.25) is 0 Å². The van der Waals surface area contributed by atoms with Crippen molar-refractivity contribution in [1.29, 1.82) is 0 Å². The highest BCUT2D eigenvalue weighted by Crippen LogP contribution is 2.02. The lowest BCUT2D eigenvalue weighted by atomic mass is 10.3. The van der Waals surface area contributed by atoms with E-state index in [1.54, 1.807) is 0 Å². The minimum Gasteiger partial charge on any atom is -0.480 e. The van der Waals surface area contributed by atoms with Gasteiger partial charge in [-0.15, -0.1) is 0 Å². The van der Waals surface area contributed by atoms with E-state index in [-0.39, 0.29) is 19.6 Å². The molecule has 120 valence electrons. The zero-order valence-corrected chi connectivity index (χ0v) is 11.8. The first-order valence-electron chi connectivity index (χ1n) is 6.69. The fourth-order valence-corrected chi connectivity index (χ4v) is 2.24. The summed E-state index contributed by atoms with van der Waals surface area (Å²) in [6, 6.07) is 0. The van der Waals surface area contributed by atoms with Gasteiger partial charge in [-0.2, -0.15) is 0 Å². The molecule has 0 aromatic rings. The molecule has 0 atom stereocenters. The third-order valence-corrected chi connectivity index (χ3v) is 3.27. The number of piperazine rings is 1. The molecule has 1 heterocycles. The number of hydrogen-bond donors (Lipinski definition) is 3. The van der Waals surface area contributed by atoms with E-state index in [0.717, 1.165) is 0 Å². The molecule has 0 aliphatic carbocycles. The standard InChI is InChI=1S/C12H21N3O6/c16-10(17)7-14-4-1-13(2-5-14)3-6-15(8-11(18)19)9-12(20)21/h1-9H2,(H,16,17)(H,18,19)(H,20,21). The van der Waals surface area contributed by atoms with Crippen LogP contribution in [0.3, 0.4) is 0 Å². The van der Waals surface area contributed by atoms with Gasteiger partial charge in [-0.25, -0.2) is 0 Å². The molecule has 9 nitrogen and oxygen atoms in total. The van der Waals surface area contributed by atoms with Crippen LogP contribution in [-0.4, -0.2) is 107 Å². The normalized spacial score (nSPS) is 17.0. The lowest BCUT2D eigenvalue weighted by molar-refractivity contribution is -0.142. The second-order valence-electron chi connectivity index (χ2n) is 5.01. The van der Waals surface area contributed by atoms with Crippen LogP contribution in [-0.2, 0) is 14.4 Å². The summed E-state index contributed by atoms with van der Waals surface area (Å²) in [6.45, 7) is 3.03. The molecule has 3 N–H and O–H groups in total. The maximum atomic E-state index is 10.7. The third-order valence-electron chi connectivity index (χ3n) is 3.27. The zero-order valence-electron chi connectivity index (χ0n) is 11.8. The van der Waals surface area contributed by atoms with Crippen LogP contribution in [0.5, 0.6) is 0 Å². The molecule has 1 fully saturated rings. The van der Waals surface area contributed by atoms with Gasteiger partial charge in [0.05, 0.1) is 19.6 Å².